The zero-order valence-corrected chi connectivity index (χ0v) is 22.5. The highest BCUT2D eigenvalue weighted by atomic mass is 16.6. The van der Waals surface area contributed by atoms with Crippen molar-refractivity contribution >= 4 is 34.4 Å². The normalized spacial score (nSPS) is 12.9. The van der Waals surface area contributed by atoms with Crippen LogP contribution in [0, 0.1) is 13.8 Å². The average molecular weight is 521 g/mol. The summed E-state index contributed by atoms with van der Waals surface area (Å²) in [6, 6.07) is 9.49. The molecule has 9 heteroatoms. The van der Waals surface area contributed by atoms with E-state index >= 15 is 0 Å². The number of hydrogen-bond acceptors (Lipinski definition) is 8. The predicted molar refractivity (Wildman–Crippen MR) is 141 cm³/mol. The molecule has 0 aliphatic heterocycles. The van der Waals surface area contributed by atoms with Gasteiger partial charge in [-0.2, -0.15) is 0 Å². The number of ketones is 2. The molecule has 1 aliphatic rings. The molecular weight excluding hydrogens is 488 g/mol. The maximum atomic E-state index is 13.2. The predicted octanol–water partition coefficient (Wildman–Crippen LogP) is 4.60. The second-order valence-electron chi connectivity index (χ2n) is 10.5. The number of Topliss-reactive ketones (excluding diaryl/α,β-unsaturated/α-hetero) is 2. The maximum Gasteiger partial charge on any atom is 0.408 e. The van der Waals surface area contributed by atoms with Gasteiger partial charge in [-0.3, -0.25) is 19.3 Å². The van der Waals surface area contributed by atoms with Gasteiger partial charge in [0.2, 0.25) is 11.6 Å². The number of likely N-dealkylation sites (N-methyl/N-ethyl adjacent to an activating group) is 1. The SMILES string of the molecule is Cc1c(CN(C)CCOC(=O)CNC(=O)OC(C)(C)C)oc2c1C(=O)C(=O)c1c-2ccc2c(C)cccc12. The van der Waals surface area contributed by atoms with Crippen LogP contribution in [0.5, 0.6) is 0 Å². The molecule has 38 heavy (non-hydrogen) atoms. The van der Waals surface area contributed by atoms with Gasteiger partial charge < -0.3 is 19.2 Å². The fourth-order valence-corrected chi connectivity index (χ4v) is 4.50. The molecule has 0 atom stereocenters. The first kappa shape index (κ1) is 27.1. The van der Waals surface area contributed by atoms with Gasteiger partial charge in [0.25, 0.3) is 0 Å². The molecule has 1 amide bonds. The van der Waals surface area contributed by atoms with Crippen LogP contribution in [0.25, 0.3) is 22.1 Å². The van der Waals surface area contributed by atoms with Gasteiger partial charge in [-0.15, -0.1) is 0 Å². The Hall–Kier alpha value is -3.98. The molecule has 1 aromatic heterocycles. The fraction of sp³-hybridized carbons (Fsp3) is 0.379. The van der Waals surface area contributed by atoms with Gasteiger partial charge in [0.05, 0.1) is 12.1 Å². The van der Waals surface area contributed by atoms with E-state index in [0.717, 1.165) is 16.3 Å². The Kier molecular flexibility index (Phi) is 7.42. The summed E-state index contributed by atoms with van der Waals surface area (Å²) in [5, 5.41) is 4.02. The van der Waals surface area contributed by atoms with E-state index in [1.54, 1.807) is 27.7 Å². The van der Waals surface area contributed by atoms with E-state index in [4.69, 9.17) is 13.9 Å². The zero-order chi connectivity index (χ0) is 27.8. The molecule has 2 aromatic carbocycles. The molecule has 4 rings (SSSR count). The van der Waals surface area contributed by atoms with E-state index < -0.39 is 29.2 Å². The maximum absolute atomic E-state index is 13.2. The van der Waals surface area contributed by atoms with Crippen LogP contribution in [0.15, 0.2) is 34.7 Å². The van der Waals surface area contributed by atoms with E-state index in [0.29, 0.717) is 46.9 Å². The van der Waals surface area contributed by atoms with Gasteiger partial charge in [-0.1, -0.05) is 24.3 Å². The molecule has 200 valence electrons. The number of hydrogen-bond donors (Lipinski definition) is 1. The van der Waals surface area contributed by atoms with Gasteiger partial charge in [-0.25, -0.2) is 4.79 Å². The highest BCUT2D eigenvalue weighted by molar-refractivity contribution is 6.54. The van der Waals surface area contributed by atoms with Crippen molar-refractivity contribution in [2.24, 2.45) is 0 Å². The number of alkyl carbamates (subject to hydrolysis) is 1. The third-order valence-corrected chi connectivity index (χ3v) is 6.36. The minimum absolute atomic E-state index is 0.0936. The first-order valence-corrected chi connectivity index (χ1v) is 12.4. The van der Waals surface area contributed by atoms with E-state index in [2.05, 4.69) is 5.32 Å². The topological polar surface area (TPSA) is 115 Å². The number of carbonyl (C=O) groups excluding carboxylic acids is 4. The van der Waals surface area contributed by atoms with Crippen molar-refractivity contribution in [3.8, 4) is 11.3 Å². The lowest BCUT2D eigenvalue weighted by atomic mass is 9.83. The number of aryl methyl sites for hydroxylation is 1. The quantitative estimate of drug-likeness (QED) is 0.355. The van der Waals surface area contributed by atoms with Crippen LogP contribution < -0.4 is 5.32 Å². The summed E-state index contributed by atoms with van der Waals surface area (Å²) in [5.74, 6) is -0.707. The Morgan fingerprint density at radius 3 is 2.42 bits per heavy atom. The van der Waals surface area contributed by atoms with Crippen molar-refractivity contribution in [2.45, 2.75) is 46.8 Å². The fourth-order valence-electron chi connectivity index (χ4n) is 4.50. The molecule has 0 unspecified atom stereocenters. The van der Waals surface area contributed by atoms with Crippen molar-refractivity contribution in [3.63, 3.8) is 0 Å². The summed E-state index contributed by atoms with van der Waals surface area (Å²) in [4.78, 5) is 51.8. The van der Waals surface area contributed by atoms with Crippen LogP contribution in [-0.2, 0) is 20.8 Å². The minimum Gasteiger partial charge on any atom is -0.463 e. The van der Waals surface area contributed by atoms with E-state index in [-0.39, 0.29) is 13.2 Å². The van der Waals surface area contributed by atoms with Crippen molar-refractivity contribution in [3.05, 3.63) is 58.3 Å². The molecule has 0 spiro atoms. The van der Waals surface area contributed by atoms with Gasteiger partial charge in [0, 0.05) is 23.2 Å². The van der Waals surface area contributed by atoms with Gasteiger partial charge in [0.1, 0.15) is 30.3 Å². The van der Waals surface area contributed by atoms with Gasteiger partial charge in [-0.05, 0) is 64.1 Å². The minimum atomic E-state index is -0.693. The van der Waals surface area contributed by atoms with Crippen molar-refractivity contribution in [1.29, 1.82) is 0 Å². The molecule has 0 saturated carbocycles. The Balaban J connectivity index is 1.42. The molecule has 1 heterocycles. The van der Waals surface area contributed by atoms with Crippen LogP contribution in [0.1, 0.15) is 58.4 Å². The van der Waals surface area contributed by atoms with E-state index in [1.807, 2.05) is 49.2 Å². The Morgan fingerprint density at radius 1 is 1.00 bits per heavy atom. The Labute approximate surface area is 221 Å². The Morgan fingerprint density at radius 2 is 1.71 bits per heavy atom. The van der Waals surface area contributed by atoms with Crippen LogP contribution in [0.3, 0.4) is 0 Å². The largest absolute Gasteiger partial charge is 0.463 e. The number of rotatable bonds is 7. The lowest BCUT2D eigenvalue weighted by molar-refractivity contribution is -0.142. The number of benzene rings is 2. The first-order valence-electron chi connectivity index (χ1n) is 12.4. The van der Waals surface area contributed by atoms with Crippen LogP contribution in [0.2, 0.25) is 0 Å². The molecule has 0 saturated heterocycles. The summed E-state index contributed by atoms with van der Waals surface area (Å²) in [7, 11) is 1.82. The highest BCUT2D eigenvalue weighted by Crippen LogP contribution is 2.41. The molecule has 1 aliphatic carbocycles. The third-order valence-electron chi connectivity index (χ3n) is 6.36. The van der Waals surface area contributed by atoms with Crippen molar-refractivity contribution in [2.75, 3.05) is 26.7 Å². The summed E-state index contributed by atoms with van der Waals surface area (Å²) in [5.41, 5.74) is 2.29. The van der Waals surface area contributed by atoms with Crippen molar-refractivity contribution < 1.29 is 33.1 Å². The summed E-state index contributed by atoms with van der Waals surface area (Å²) in [6.07, 6.45) is -0.693. The van der Waals surface area contributed by atoms with Crippen LogP contribution in [0.4, 0.5) is 4.79 Å². The number of amides is 1. The molecular formula is C29H32N2O7. The van der Waals surface area contributed by atoms with Gasteiger partial charge in [0.15, 0.2) is 0 Å². The molecule has 0 radical (unpaired) electrons. The average Bonchev–Trinajstić information content (AvgIpc) is 3.15. The van der Waals surface area contributed by atoms with Crippen molar-refractivity contribution in [1.82, 2.24) is 10.2 Å². The molecule has 3 aromatic rings. The molecule has 0 bridgehead atoms. The van der Waals surface area contributed by atoms with Gasteiger partial charge >= 0.3 is 12.1 Å². The molecule has 1 N–H and O–H groups in total. The molecule has 0 fully saturated rings. The lowest BCUT2D eigenvalue weighted by Gasteiger charge is -2.19. The number of fused-ring (bicyclic) bond motifs is 5. The summed E-state index contributed by atoms with van der Waals surface area (Å²) in [6.45, 7) is 9.45. The van der Waals surface area contributed by atoms with E-state index in [9.17, 15) is 19.2 Å². The zero-order valence-electron chi connectivity index (χ0n) is 22.5. The van der Waals surface area contributed by atoms with Crippen LogP contribution >= 0.6 is 0 Å². The highest BCUT2D eigenvalue weighted by Gasteiger charge is 2.37. The summed E-state index contributed by atoms with van der Waals surface area (Å²) >= 11 is 0. The number of nitrogens with one attached hydrogen (secondary N) is 1. The smallest absolute Gasteiger partial charge is 0.408 e. The standard InChI is InChI=1S/C29H32N2O7/c1-16-8-7-9-19-18(16)10-11-20-24(19)26(34)25(33)23-17(2)21(37-27(20)23)15-31(6)12-13-36-22(32)14-30-28(35)38-29(3,4)5/h7-11H,12-15H2,1-6H3,(H,30,35). The summed E-state index contributed by atoms with van der Waals surface area (Å²) < 4.78 is 16.5. The third kappa shape index (κ3) is 5.47. The number of carbonyl (C=O) groups is 4. The lowest BCUT2D eigenvalue weighted by Crippen LogP contribution is -2.36. The van der Waals surface area contributed by atoms with E-state index in [1.165, 1.54) is 0 Å². The molecule has 9 nitrogen and oxygen atoms in total. The number of ether oxygens (including phenoxy) is 2. The number of nitrogens with zero attached hydrogens (tertiary/aromatic N) is 1. The Bertz CT molecular complexity index is 1450. The second-order valence-corrected chi connectivity index (χ2v) is 10.5. The monoisotopic (exact) mass is 520 g/mol. The number of furan rings is 1. The number of esters is 1. The first-order chi connectivity index (χ1) is 17.9. The van der Waals surface area contributed by atoms with Crippen LogP contribution in [-0.4, -0.2) is 60.9 Å². The second kappa shape index (κ2) is 10.4.